The summed E-state index contributed by atoms with van der Waals surface area (Å²) in [5.74, 6) is 0.366. The second-order valence-electron chi connectivity index (χ2n) is 6.95. The number of carbonyl (C=O) groups excluding carboxylic acids is 3. The molecule has 0 unspecified atom stereocenters. The Morgan fingerprint density at radius 3 is 2.70 bits per heavy atom. The second kappa shape index (κ2) is 8.79. The van der Waals surface area contributed by atoms with Crippen molar-refractivity contribution in [2.75, 3.05) is 32.8 Å². The summed E-state index contributed by atoms with van der Waals surface area (Å²) < 4.78 is 12.0. The van der Waals surface area contributed by atoms with Crippen LogP contribution >= 0.6 is 27.7 Å². The molecule has 0 atom stereocenters. The maximum atomic E-state index is 12.7. The van der Waals surface area contributed by atoms with Crippen LogP contribution in [0.15, 0.2) is 44.1 Å². The summed E-state index contributed by atoms with van der Waals surface area (Å²) in [6.07, 6.45) is 1.54. The summed E-state index contributed by atoms with van der Waals surface area (Å²) in [5, 5.41) is -0.457. The van der Waals surface area contributed by atoms with Crippen LogP contribution < -0.4 is 0 Å². The number of benzene rings is 1. The monoisotopic (exact) mass is 490 g/mol. The van der Waals surface area contributed by atoms with Gasteiger partial charge < -0.3 is 14.1 Å². The van der Waals surface area contributed by atoms with Crippen molar-refractivity contribution in [3.8, 4) is 11.3 Å². The molecule has 3 amide bonds. The summed E-state index contributed by atoms with van der Waals surface area (Å²) in [6, 6.07) is 9.49. The maximum Gasteiger partial charge on any atom is 0.294 e. The zero-order valence-electron chi connectivity index (χ0n) is 16.2. The predicted octanol–water partition coefficient (Wildman–Crippen LogP) is 3.91. The quantitative estimate of drug-likeness (QED) is 0.604. The van der Waals surface area contributed by atoms with Crippen molar-refractivity contribution in [2.24, 2.45) is 0 Å². The number of ether oxygens (including phenoxy) is 1. The zero-order chi connectivity index (χ0) is 21.3. The highest BCUT2D eigenvalue weighted by atomic mass is 79.9. The van der Waals surface area contributed by atoms with Crippen molar-refractivity contribution in [3.05, 3.63) is 51.0 Å². The Labute approximate surface area is 186 Å². The van der Waals surface area contributed by atoms with Crippen LogP contribution in [0.25, 0.3) is 17.4 Å². The molecule has 1 aromatic heterocycles. The molecule has 2 aliphatic heterocycles. The molecule has 9 heteroatoms. The number of aryl methyl sites for hydroxylation is 1. The van der Waals surface area contributed by atoms with E-state index in [4.69, 9.17) is 9.15 Å². The number of hydrogen-bond acceptors (Lipinski definition) is 6. The van der Waals surface area contributed by atoms with Crippen molar-refractivity contribution in [1.29, 1.82) is 0 Å². The van der Waals surface area contributed by atoms with Crippen LogP contribution in [-0.4, -0.2) is 59.7 Å². The SMILES string of the molecule is Cc1ccc(-c2ccc(/C=C3\SC(=O)N(CC(=O)N4CCOCC4)C3=O)o2)c(Br)c1. The van der Waals surface area contributed by atoms with Gasteiger partial charge in [0, 0.05) is 29.2 Å². The van der Waals surface area contributed by atoms with Gasteiger partial charge in [0.2, 0.25) is 5.91 Å². The molecule has 3 heterocycles. The fourth-order valence-electron chi connectivity index (χ4n) is 3.21. The second-order valence-corrected chi connectivity index (χ2v) is 8.79. The summed E-state index contributed by atoms with van der Waals surface area (Å²) in [7, 11) is 0. The Morgan fingerprint density at radius 2 is 1.97 bits per heavy atom. The third kappa shape index (κ3) is 4.38. The molecule has 2 fully saturated rings. The van der Waals surface area contributed by atoms with Gasteiger partial charge in [-0.05, 0) is 48.5 Å². The van der Waals surface area contributed by atoms with E-state index in [0.29, 0.717) is 37.8 Å². The normalized spacial score (nSPS) is 18.5. The Morgan fingerprint density at radius 1 is 1.20 bits per heavy atom. The smallest absolute Gasteiger partial charge is 0.294 e. The number of imide groups is 1. The van der Waals surface area contributed by atoms with Crippen LogP contribution in [0.4, 0.5) is 4.79 Å². The first kappa shape index (κ1) is 20.9. The third-order valence-corrected chi connectivity index (χ3v) is 6.38. The number of morpholine rings is 1. The molecular formula is C21H19BrN2O5S. The van der Waals surface area contributed by atoms with Crippen molar-refractivity contribution in [1.82, 2.24) is 9.80 Å². The van der Waals surface area contributed by atoms with Crippen molar-refractivity contribution < 1.29 is 23.5 Å². The van der Waals surface area contributed by atoms with E-state index in [1.54, 1.807) is 11.0 Å². The standard InChI is InChI=1S/C21H19BrN2O5S/c1-13-2-4-15(16(22)10-13)17-5-3-14(29-17)11-18-20(26)24(21(27)30-18)12-19(25)23-6-8-28-9-7-23/h2-5,10-11H,6-9,12H2,1H3/b18-11-. The topological polar surface area (TPSA) is 80.1 Å². The Kier molecular flexibility index (Phi) is 6.12. The summed E-state index contributed by atoms with van der Waals surface area (Å²) in [5.41, 5.74) is 2.02. The van der Waals surface area contributed by atoms with E-state index in [-0.39, 0.29) is 17.4 Å². The van der Waals surface area contributed by atoms with E-state index in [0.717, 1.165) is 32.3 Å². The highest BCUT2D eigenvalue weighted by Gasteiger charge is 2.37. The largest absolute Gasteiger partial charge is 0.457 e. The van der Waals surface area contributed by atoms with Crippen molar-refractivity contribution in [3.63, 3.8) is 0 Å². The molecule has 0 N–H and O–H groups in total. The van der Waals surface area contributed by atoms with Crippen LogP contribution in [-0.2, 0) is 14.3 Å². The van der Waals surface area contributed by atoms with E-state index >= 15 is 0 Å². The highest BCUT2D eigenvalue weighted by Crippen LogP contribution is 2.35. The molecule has 7 nitrogen and oxygen atoms in total. The molecule has 156 valence electrons. The van der Waals surface area contributed by atoms with Gasteiger partial charge in [0.05, 0.1) is 18.1 Å². The zero-order valence-corrected chi connectivity index (χ0v) is 18.6. The summed E-state index contributed by atoms with van der Waals surface area (Å²) >= 11 is 4.34. The number of hydrogen-bond donors (Lipinski definition) is 0. The molecule has 0 bridgehead atoms. The predicted molar refractivity (Wildman–Crippen MR) is 117 cm³/mol. The minimum absolute atomic E-state index is 0.235. The first-order valence-corrected chi connectivity index (χ1v) is 11.0. The molecule has 1 aromatic carbocycles. The molecule has 2 aromatic rings. The number of amides is 3. The fourth-order valence-corrected chi connectivity index (χ4v) is 4.72. The van der Waals surface area contributed by atoms with E-state index in [1.807, 2.05) is 31.2 Å². The maximum absolute atomic E-state index is 12.7. The summed E-state index contributed by atoms with van der Waals surface area (Å²) in [4.78, 5) is 40.2. The van der Waals surface area contributed by atoms with Crippen molar-refractivity contribution in [2.45, 2.75) is 6.92 Å². The minimum Gasteiger partial charge on any atom is -0.457 e. The Bertz CT molecular complexity index is 1040. The van der Waals surface area contributed by atoms with Gasteiger partial charge in [0.1, 0.15) is 18.1 Å². The minimum atomic E-state index is -0.485. The van der Waals surface area contributed by atoms with Crippen LogP contribution in [0.3, 0.4) is 0 Å². The lowest BCUT2D eigenvalue weighted by molar-refractivity contribution is -0.139. The van der Waals surface area contributed by atoms with Gasteiger partial charge in [0.25, 0.3) is 11.1 Å². The van der Waals surface area contributed by atoms with Crippen LogP contribution in [0, 0.1) is 6.92 Å². The molecular weight excluding hydrogens is 472 g/mol. The number of rotatable bonds is 4. The van der Waals surface area contributed by atoms with Crippen LogP contribution in [0.1, 0.15) is 11.3 Å². The fraction of sp³-hybridized carbons (Fsp3) is 0.286. The van der Waals surface area contributed by atoms with Crippen molar-refractivity contribution >= 4 is 50.8 Å². The lowest BCUT2D eigenvalue weighted by Gasteiger charge is -2.27. The third-order valence-electron chi connectivity index (χ3n) is 4.82. The van der Waals surface area contributed by atoms with E-state index < -0.39 is 11.1 Å². The van der Waals surface area contributed by atoms with Crippen LogP contribution in [0.5, 0.6) is 0 Å². The summed E-state index contributed by atoms with van der Waals surface area (Å²) in [6.45, 7) is 3.60. The highest BCUT2D eigenvalue weighted by molar-refractivity contribution is 9.10. The lowest BCUT2D eigenvalue weighted by Crippen LogP contribution is -2.46. The van der Waals surface area contributed by atoms with Gasteiger partial charge in [-0.2, -0.15) is 0 Å². The molecule has 2 saturated heterocycles. The van der Waals surface area contributed by atoms with E-state index in [9.17, 15) is 14.4 Å². The Balaban J connectivity index is 1.48. The first-order valence-electron chi connectivity index (χ1n) is 9.39. The number of carbonyl (C=O) groups is 3. The first-order chi connectivity index (χ1) is 14.4. The number of thioether (sulfide) groups is 1. The van der Waals surface area contributed by atoms with Crippen LogP contribution in [0.2, 0.25) is 0 Å². The molecule has 0 radical (unpaired) electrons. The van der Waals surface area contributed by atoms with Gasteiger partial charge in [-0.25, -0.2) is 0 Å². The molecule has 2 aliphatic rings. The van der Waals surface area contributed by atoms with Gasteiger partial charge in [-0.15, -0.1) is 0 Å². The molecule has 4 rings (SSSR count). The van der Waals surface area contributed by atoms with Gasteiger partial charge in [-0.1, -0.05) is 22.0 Å². The number of nitrogens with zero attached hydrogens (tertiary/aromatic N) is 2. The molecule has 30 heavy (non-hydrogen) atoms. The number of furan rings is 1. The van der Waals surface area contributed by atoms with Gasteiger partial charge in [0.15, 0.2) is 0 Å². The van der Waals surface area contributed by atoms with Gasteiger partial charge in [-0.3, -0.25) is 19.3 Å². The molecule has 0 saturated carbocycles. The lowest BCUT2D eigenvalue weighted by atomic mass is 10.1. The average molecular weight is 491 g/mol. The van der Waals surface area contributed by atoms with E-state index in [1.165, 1.54) is 6.08 Å². The van der Waals surface area contributed by atoms with Gasteiger partial charge >= 0.3 is 0 Å². The molecule has 0 aliphatic carbocycles. The number of halogens is 1. The molecule has 0 spiro atoms. The van der Waals surface area contributed by atoms with E-state index in [2.05, 4.69) is 15.9 Å². The Hall–Kier alpha value is -2.36. The average Bonchev–Trinajstić information content (AvgIpc) is 3.29.